The first-order valence-corrected chi connectivity index (χ1v) is 6.00. The van der Waals surface area contributed by atoms with Gasteiger partial charge < -0.3 is 10.6 Å². The summed E-state index contributed by atoms with van der Waals surface area (Å²) in [6, 6.07) is 5.12. The van der Waals surface area contributed by atoms with Crippen LogP contribution in [0.3, 0.4) is 0 Å². The zero-order valence-corrected chi connectivity index (χ0v) is 10.2. The van der Waals surface area contributed by atoms with E-state index >= 15 is 0 Å². The fraction of sp³-hybridized carbons (Fsp3) is 0.417. The van der Waals surface area contributed by atoms with E-state index in [1.54, 1.807) is 6.07 Å². The molecule has 1 aromatic rings. The SMILES string of the molecule is CCNc1cccc(NC2CCC(=O)NC2=O)n1. The molecule has 1 unspecified atom stereocenters. The van der Waals surface area contributed by atoms with Crippen LogP contribution in [0, 0.1) is 0 Å². The van der Waals surface area contributed by atoms with E-state index in [2.05, 4.69) is 20.9 Å². The summed E-state index contributed by atoms with van der Waals surface area (Å²) >= 11 is 0. The summed E-state index contributed by atoms with van der Waals surface area (Å²) in [5, 5.41) is 8.44. The van der Waals surface area contributed by atoms with E-state index < -0.39 is 6.04 Å². The maximum Gasteiger partial charge on any atom is 0.249 e. The van der Waals surface area contributed by atoms with Crippen LogP contribution in [0.5, 0.6) is 0 Å². The van der Waals surface area contributed by atoms with Gasteiger partial charge in [-0.05, 0) is 25.5 Å². The minimum Gasteiger partial charge on any atom is -0.370 e. The average molecular weight is 248 g/mol. The van der Waals surface area contributed by atoms with Gasteiger partial charge in [0.2, 0.25) is 11.8 Å². The molecule has 3 N–H and O–H groups in total. The smallest absolute Gasteiger partial charge is 0.249 e. The van der Waals surface area contributed by atoms with Crippen LogP contribution in [0.4, 0.5) is 11.6 Å². The van der Waals surface area contributed by atoms with E-state index in [1.807, 2.05) is 19.1 Å². The van der Waals surface area contributed by atoms with Crippen LogP contribution in [0.15, 0.2) is 18.2 Å². The highest BCUT2D eigenvalue weighted by atomic mass is 16.2. The Morgan fingerprint density at radius 2 is 2.17 bits per heavy atom. The number of nitrogens with zero attached hydrogens (tertiary/aromatic N) is 1. The van der Waals surface area contributed by atoms with Crippen LogP contribution < -0.4 is 16.0 Å². The molecule has 0 radical (unpaired) electrons. The third kappa shape index (κ3) is 2.97. The Hall–Kier alpha value is -2.11. The number of pyridine rings is 1. The Kier molecular flexibility index (Phi) is 3.76. The molecule has 18 heavy (non-hydrogen) atoms. The largest absolute Gasteiger partial charge is 0.370 e. The Labute approximate surface area is 105 Å². The van der Waals surface area contributed by atoms with Crippen LogP contribution >= 0.6 is 0 Å². The van der Waals surface area contributed by atoms with E-state index in [-0.39, 0.29) is 11.8 Å². The highest BCUT2D eigenvalue weighted by molar-refractivity contribution is 6.01. The molecule has 1 aliphatic rings. The van der Waals surface area contributed by atoms with Crippen molar-refractivity contribution in [2.24, 2.45) is 0 Å². The molecule has 1 saturated heterocycles. The topological polar surface area (TPSA) is 83.1 Å². The molecule has 1 fully saturated rings. The lowest BCUT2D eigenvalue weighted by atomic mass is 10.1. The van der Waals surface area contributed by atoms with Crippen molar-refractivity contribution in [3.63, 3.8) is 0 Å². The minimum atomic E-state index is -0.396. The normalized spacial score (nSPS) is 19.3. The molecular formula is C12H16N4O2. The summed E-state index contributed by atoms with van der Waals surface area (Å²) in [7, 11) is 0. The number of carbonyl (C=O) groups excluding carboxylic acids is 2. The van der Waals surface area contributed by atoms with Crippen molar-refractivity contribution in [2.75, 3.05) is 17.2 Å². The van der Waals surface area contributed by atoms with Gasteiger partial charge in [0.25, 0.3) is 0 Å². The second-order valence-corrected chi connectivity index (χ2v) is 4.09. The molecule has 6 heteroatoms. The van der Waals surface area contributed by atoms with Gasteiger partial charge in [-0.15, -0.1) is 0 Å². The van der Waals surface area contributed by atoms with Crippen molar-refractivity contribution < 1.29 is 9.59 Å². The molecular weight excluding hydrogens is 232 g/mol. The lowest BCUT2D eigenvalue weighted by molar-refractivity contribution is -0.133. The van der Waals surface area contributed by atoms with Crippen molar-refractivity contribution in [1.29, 1.82) is 0 Å². The van der Waals surface area contributed by atoms with Crippen molar-refractivity contribution in [2.45, 2.75) is 25.8 Å². The van der Waals surface area contributed by atoms with Crippen LogP contribution in [0.1, 0.15) is 19.8 Å². The molecule has 0 aromatic carbocycles. The van der Waals surface area contributed by atoms with E-state index in [4.69, 9.17) is 0 Å². The number of hydrogen-bond acceptors (Lipinski definition) is 5. The van der Waals surface area contributed by atoms with Crippen LogP contribution in [0.2, 0.25) is 0 Å². The van der Waals surface area contributed by atoms with E-state index in [0.717, 1.165) is 12.4 Å². The van der Waals surface area contributed by atoms with Gasteiger partial charge in [0.15, 0.2) is 0 Å². The Morgan fingerprint density at radius 3 is 2.89 bits per heavy atom. The van der Waals surface area contributed by atoms with Gasteiger partial charge in [-0.3, -0.25) is 14.9 Å². The predicted octanol–water partition coefficient (Wildman–Crippen LogP) is 0.730. The first-order valence-electron chi connectivity index (χ1n) is 6.00. The van der Waals surface area contributed by atoms with E-state index in [9.17, 15) is 9.59 Å². The van der Waals surface area contributed by atoms with E-state index in [0.29, 0.717) is 18.7 Å². The Bertz CT molecular complexity index is 461. The fourth-order valence-electron chi connectivity index (χ4n) is 1.80. The molecule has 6 nitrogen and oxygen atoms in total. The number of piperidine rings is 1. The van der Waals surface area contributed by atoms with Crippen LogP contribution in [0.25, 0.3) is 0 Å². The Balaban J connectivity index is 2.02. The summed E-state index contributed by atoms with van der Waals surface area (Å²) in [5.41, 5.74) is 0. The number of imide groups is 1. The van der Waals surface area contributed by atoms with Gasteiger partial charge in [-0.25, -0.2) is 4.98 Å². The number of hydrogen-bond donors (Lipinski definition) is 3. The number of anilines is 2. The highest BCUT2D eigenvalue weighted by Gasteiger charge is 2.26. The van der Waals surface area contributed by atoms with E-state index in [1.165, 1.54) is 0 Å². The Morgan fingerprint density at radius 1 is 1.39 bits per heavy atom. The molecule has 1 atom stereocenters. The molecule has 2 amide bonds. The lowest BCUT2D eigenvalue weighted by Gasteiger charge is -2.22. The summed E-state index contributed by atoms with van der Waals surface area (Å²) in [6.45, 7) is 2.77. The highest BCUT2D eigenvalue weighted by Crippen LogP contribution is 2.13. The summed E-state index contributed by atoms with van der Waals surface area (Å²) in [6.07, 6.45) is 0.855. The fourth-order valence-corrected chi connectivity index (χ4v) is 1.80. The minimum absolute atomic E-state index is 0.215. The van der Waals surface area contributed by atoms with Crippen molar-refractivity contribution in [3.8, 4) is 0 Å². The molecule has 96 valence electrons. The molecule has 2 heterocycles. The van der Waals surface area contributed by atoms with Crippen molar-refractivity contribution in [1.82, 2.24) is 10.3 Å². The third-order valence-electron chi connectivity index (χ3n) is 2.67. The van der Waals surface area contributed by atoms with Crippen molar-refractivity contribution >= 4 is 23.5 Å². The van der Waals surface area contributed by atoms with Crippen LogP contribution in [-0.2, 0) is 9.59 Å². The standard InChI is InChI=1S/C12H16N4O2/c1-2-13-9-4-3-5-10(15-9)14-8-6-7-11(17)16-12(8)18/h3-5,8H,2,6-7H2,1H3,(H2,13,14,15)(H,16,17,18). The lowest BCUT2D eigenvalue weighted by Crippen LogP contribution is -2.47. The van der Waals surface area contributed by atoms with Gasteiger partial charge in [0.05, 0.1) is 0 Å². The first-order chi connectivity index (χ1) is 8.69. The number of carbonyl (C=O) groups is 2. The predicted molar refractivity (Wildman–Crippen MR) is 68.2 cm³/mol. The molecule has 0 aliphatic carbocycles. The third-order valence-corrected chi connectivity index (χ3v) is 2.67. The number of amides is 2. The molecule has 1 aromatic heterocycles. The zero-order valence-electron chi connectivity index (χ0n) is 10.2. The second kappa shape index (κ2) is 5.48. The molecule has 2 rings (SSSR count). The summed E-state index contributed by atoms with van der Waals surface area (Å²) < 4.78 is 0. The summed E-state index contributed by atoms with van der Waals surface area (Å²) in [4.78, 5) is 26.9. The second-order valence-electron chi connectivity index (χ2n) is 4.09. The molecule has 0 saturated carbocycles. The zero-order chi connectivity index (χ0) is 13.0. The van der Waals surface area contributed by atoms with Gasteiger partial charge in [-0.1, -0.05) is 6.07 Å². The number of rotatable bonds is 4. The molecule has 0 spiro atoms. The number of aromatic nitrogens is 1. The van der Waals surface area contributed by atoms with Crippen LogP contribution in [-0.4, -0.2) is 29.4 Å². The monoisotopic (exact) mass is 248 g/mol. The molecule has 0 bridgehead atoms. The number of nitrogens with one attached hydrogen (secondary N) is 3. The van der Waals surface area contributed by atoms with Gasteiger partial charge in [0.1, 0.15) is 17.7 Å². The molecule has 1 aliphatic heterocycles. The van der Waals surface area contributed by atoms with Gasteiger partial charge in [-0.2, -0.15) is 0 Å². The maximum atomic E-state index is 11.6. The summed E-state index contributed by atoms with van der Waals surface area (Å²) in [5.74, 6) is 0.882. The first kappa shape index (κ1) is 12.3. The maximum absolute atomic E-state index is 11.6. The van der Waals surface area contributed by atoms with Gasteiger partial charge in [0, 0.05) is 13.0 Å². The van der Waals surface area contributed by atoms with Crippen molar-refractivity contribution in [3.05, 3.63) is 18.2 Å². The average Bonchev–Trinajstić information content (AvgIpc) is 2.34. The van der Waals surface area contributed by atoms with Gasteiger partial charge >= 0.3 is 0 Å². The quantitative estimate of drug-likeness (QED) is 0.684.